The van der Waals surface area contributed by atoms with Crippen molar-refractivity contribution in [2.24, 2.45) is 0 Å². The van der Waals surface area contributed by atoms with E-state index in [1.54, 1.807) is 0 Å². The molecule has 2 heterocycles. The third-order valence-electron chi connectivity index (χ3n) is 3.20. The number of amides is 1. The second kappa shape index (κ2) is 5.00. The predicted molar refractivity (Wildman–Crippen MR) is 87.1 cm³/mol. The molecule has 0 radical (unpaired) electrons. The van der Waals surface area contributed by atoms with Crippen LogP contribution in [-0.2, 0) is 5.41 Å². The lowest BCUT2D eigenvalue weighted by molar-refractivity contribution is 0.103. The molecule has 21 heavy (non-hydrogen) atoms. The minimum atomic E-state index is -0.0834. The quantitative estimate of drug-likeness (QED) is 0.746. The summed E-state index contributed by atoms with van der Waals surface area (Å²) in [7, 11) is 0. The van der Waals surface area contributed by atoms with E-state index in [0.717, 1.165) is 22.5 Å². The van der Waals surface area contributed by atoms with Crippen molar-refractivity contribution in [1.82, 2.24) is 9.97 Å². The fourth-order valence-corrected chi connectivity index (χ4v) is 2.66. The van der Waals surface area contributed by atoms with Gasteiger partial charge in [0.25, 0.3) is 5.91 Å². The van der Waals surface area contributed by atoms with E-state index < -0.39 is 0 Å². The summed E-state index contributed by atoms with van der Waals surface area (Å²) in [5.41, 5.74) is 2.59. The molecule has 108 valence electrons. The Balaban J connectivity index is 1.89. The number of hydrogen-bond acceptors (Lipinski definition) is 3. The molecule has 4 nitrogen and oxygen atoms in total. The summed E-state index contributed by atoms with van der Waals surface area (Å²) < 4.78 is 0. The molecule has 3 aromatic rings. The minimum absolute atomic E-state index is 0.0284. The summed E-state index contributed by atoms with van der Waals surface area (Å²) >= 11 is 1.43. The Morgan fingerprint density at radius 3 is 2.76 bits per heavy atom. The number of rotatable bonds is 2. The molecule has 1 amide bonds. The molecule has 0 atom stereocenters. The first-order chi connectivity index (χ1) is 9.93. The molecular weight excluding hydrogens is 282 g/mol. The average molecular weight is 299 g/mol. The summed E-state index contributed by atoms with van der Waals surface area (Å²) in [6.45, 7) is 6.35. The van der Waals surface area contributed by atoms with Gasteiger partial charge in [-0.2, -0.15) is 0 Å². The lowest BCUT2D eigenvalue weighted by Gasteiger charge is -2.13. The van der Waals surface area contributed by atoms with Crippen LogP contribution in [0.1, 0.15) is 36.3 Å². The number of aromatic amines is 1. The van der Waals surface area contributed by atoms with E-state index in [-0.39, 0.29) is 11.3 Å². The zero-order valence-electron chi connectivity index (χ0n) is 12.2. The van der Waals surface area contributed by atoms with Gasteiger partial charge in [0.2, 0.25) is 0 Å². The number of benzene rings is 1. The van der Waals surface area contributed by atoms with Crippen LogP contribution >= 0.6 is 11.3 Å². The number of imidazole rings is 1. The van der Waals surface area contributed by atoms with Gasteiger partial charge in [-0.3, -0.25) is 4.79 Å². The number of carbonyl (C=O) groups excluding carboxylic acids is 1. The minimum Gasteiger partial charge on any atom is -0.341 e. The summed E-state index contributed by atoms with van der Waals surface area (Å²) in [6.07, 6.45) is 0. The molecule has 0 bridgehead atoms. The number of thiophene rings is 1. The standard InChI is InChI=1S/C16H17N3OS/c1-16(2,3)15-18-11-7-6-10(9-12(11)19-15)17-14(20)13-5-4-8-21-13/h4-9H,1-3H3,(H,17,20)(H,18,19). The molecule has 0 saturated heterocycles. The molecule has 0 aliphatic heterocycles. The molecule has 2 N–H and O–H groups in total. The Morgan fingerprint density at radius 2 is 2.10 bits per heavy atom. The fourth-order valence-electron chi connectivity index (χ4n) is 2.04. The maximum absolute atomic E-state index is 12.0. The van der Waals surface area contributed by atoms with Crippen molar-refractivity contribution in [2.45, 2.75) is 26.2 Å². The summed E-state index contributed by atoms with van der Waals surface area (Å²) in [4.78, 5) is 20.7. The van der Waals surface area contributed by atoms with Gasteiger partial charge in [-0.15, -0.1) is 11.3 Å². The van der Waals surface area contributed by atoms with Gasteiger partial charge in [0.1, 0.15) is 5.82 Å². The number of H-pyrrole nitrogens is 1. The third-order valence-corrected chi connectivity index (χ3v) is 4.06. The fraction of sp³-hybridized carbons (Fsp3) is 0.250. The van der Waals surface area contributed by atoms with E-state index in [0.29, 0.717) is 4.88 Å². The highest BCUT2D eigenvalue weighted by molar-refractivity contribution is 7.12. The monoisotopic (exact) mass is 299 g/mol. The first kappa shape index (κ1) is 13.8. The predicted octanol–water partition coefficient (Wildman–Crippen LogP) is 4.17. The van der Waals surface area contributed by atoms with Crippen molar-refractivity contribution in [2.75, 3.05) is 5.32 Å². The van der Waals surface area contributed by atoms with Crippen molar-refractivity contribution in [3.05, 3.63) is 46.4 Å². The van der Waals surface area contributed by atoms with E-state index in [1.807, 2.05) is 35.7 Å². The number of anilines is 1. The third kappa shape index (κ3) is 2.83. The van der Waals surface area contributed by atoms with E-state index in [1.165, 1.54) is 11.3 Å². The van der Waals surface area contributed by atoms with Gasteiger partial charge in [0.05, 0.1) is 15.9 Å². The Bertz CT molecular complexity index is 782. The van der Waals surface area contributed by atoms with Gasteiger partial charge in [-0.25, -0.2) is 4.98 Å². The first-order valence-electron chi connectivity index (χ1n) is 6.78. The lowest BCUT2D eigenvalue weighted by atomic mass is 9.96. The van der Waals surface area contributed by atoms with Crippen molar-refractivity contribution in [3.63, 3.8) is 0 Å². The van der Waals surface area contributed by atoms with E-state index in [4.69, 9.17) is 0 Å². The van der Waals surface area contributed by atoms with Gasteiger partial charge >= 0.3 is 0 Å². The van der Waals surface area contributed by atoms with Crippen LogP contribution in [0.2, 0.25) is 0 Å². The second-order valence-corrected chi connectivity index (χ2v) is 6.95. The molecule has 3 rings (SSSR count). The molecule has 5 heteroatoms. The van der Waals surface area contributed by atoms with Crippen molar-refractivity contribution >= 4 is 34.0 Å². The molecule has 0 aliphatic carbocycles. The van der Waals surface area contributed by atoms with Crippen LogP contribution in [0.4, 0.5) is 5.69 Å². The first-order valence-corrected chi connectivity index (χ1v) is 7.66. The molecule has 0 fully saturated rings. The zero-order valence-corrected chi connectivity index (χ0v) is 13.0. The number of hydrogen-bond donors (Lipinski definition) is 2. The highest BCUT2D eigenvalue weighted by Gasteiger charge is 2.18. The van der Waals surface area contributed by atoms with Crippen LogP contribution in [0.5, 0.6) is 0 Å². The smallest absolute Gasteiger partial charge is 0.265 e. The highest BCUT2D eigenvalue weighted by atomic mass is 32.1. The van der Waals surface area contributed by atoms with Crippen molar-refractivity contribution in [1.29, 1.82) is 0 Å². The second-order valence-electron chi connectivity index (χ2n) is 6.00. The molecule has 0 aliphatic rings. The van der Waals surface area contributed by atoms with E-state index in [2.05, 4.69) is 36.1 Å². The summed E-state index contributed by atoms with van der Waals surface area (Å²) in [6, 6.07) is 9.40. The normalized spacial score (nSPS) is 11.8. The molecule has 0 unspecified atom stereocenters. The number of nitrogens with zero attached hydrogens (tertiary/aromatic N) is 1. The number of aromatic nitrogens is 2. The zero-order chi connectivity index (χ0) is 15.0. The SMILES string of the molecule is CC(C)(C)c1nc2ccc(NC(=O)c3cccs3)cc2[nH]1. The molecular formula is C16H17N3OS. The largest absolute Gasteiger partial charge is 0.341 e. The van der Waals surface area contributed by atoms with Gasteiger partial charge in [-0.05, 0) is 29.6 Å². The Morgan fingerprint density at radius 1 is 1.29 bits per heavy atom. The van der Waals surface area contributed by atoms with Gasteiger partial charge in [-0.1, -0.05) is 26.8 Å². The van der Waals surface area contributed by atoms with Crippen LogP contribution in [0.25, 0.3) is 11.0 Å². The topological polar surface area (TPSA) is 57.8 Å². The van der Waals surface area contributed by atoms with Gasteiger partial charge in [0.15, 0.2) is 0 Å². The molecule has 0 spiro atoms. The average Bonchev–Trinajstić information content (AvgIpc) is 3.06. The highest BCUT2D eigenvalue weighted by Crippen LogP contribution is 2.24. The van der Waals surface area contributed by atoms with Gasteiger partial charge in [0, 0.05) is 11.1 Å². The van der Waals surface area contributed by atoms with Crippen LogP contribution in [-0.4, -0.2) is 15.9 Å². The Hall–Kier alpha value is -2.14. The maximum atomic E-state index is 12.0. The van der Waals surface area contributed by atoms with Gasteiger partial charge < -0.3 is 10.3 Å². The Labute approximate surface area is 127 Å². The maximum Gasteiger partial charge on any atom is 0.265 e. The number of nitrogens with one attached hydrogen (secondary N) is 2. The lowest BCUT2D eigenvalue weighted by Crippen LogP contribution is -2.12. The van der Waals surface area contributed by atoms with Crippen LogP contribution in [0, 0.1) is 0 Å². The molecule has 2 aromatic heterocycles. The number of fused-ring (bicyclic) bond motifs is 1. The van der Waals surface area contributed by atoms with E-state index >= 15 is 0 Å². The Kier molecular flexibility index (Phi) is 3.29. The van der Waals surface area contributed by atoms with Crippen molar-refractivity contribution in [3.8, 4) is 0 Å². The number of carbonyl (C=O) groups is 1. The summed E-state index contributed by atoms with van der Waals surface area (Å²) in [5, 5.41) is 4.80. The van der Waals surface area contributed by atoms with Crippen LogP contribution in [0.15, 0.2) is 35.7 Å². The molecule has 0 saturated carbocycles. The van der Waals surface area contributed by atoms with E-state index in [9.17, 15) is 4.79 Å². The molecule has 1 aromatic carbocycles. The van der Waals surface area contributed by atoms with Crippen LogP contribution < -0.4 is 5.32 Å². The van der Waals surface area contributed by atoms with Crippen molar-refractivity contribution < 1.29 is 4.79 Å². The summed E-state index contributed by atoms with van der Waals surface area (Å²) in [5.74, 6) is 0.860. The van der Waals surface area contributed by atoms with Crippen LogP contribution in [0.3, 0.4) is 0 Å².